The van der Waals surface area contributed by atoms with Gasteiger partial charge in [-0.15, -0.1) is 0 Å². The molecule has 0 radical (unpaired) electrons. The topological polar surface area (TPSA) is 42.0 Å². The third kappa shape index (κ3) is 1.99. The van der Waals surface area contributed by atoms with Gasteiger partial charge in [0.15, 0.2) is 0 Å². The molecule has 3 heteroatoms. The Balaban J connectivity index is 1.64. The maximum absolute atomic E-state index is 12.4. The van der Waals surface area contributed by atoms with E-state index in [2.05, 4.69) is 10.3 Å². The number of hydrogen-bond acceptors (Lipinski definition) is 2. The number of benzene rings is 1. The van der Waals surface area contributed by atoms with Gasteiger partial charge >= 0.3 is 0 Å². The average Bonchev–Trinajstić information content (AvgIpc) is 3.09. The largest absolute Gasteiger partial charge is 0.321 e. The molecule has 2 aliphatic carbocycles. The molecule has 0 saturated heterocycles. The predicted octanol–water partition coefficient (Wildman–Crippen LogP) is 3.54. The van der Waals surface area contributed by atoms with E-state index in [0.29, 0.717) is 11.3 Å². The average molecular weight is 272 g/mol. The van der Waals surface area contributed by atoms with Crippen molar-refractivity contribution in [2.45, 2.75) is 0 Å². The van der Waals surface area contributed by atoms with Crippen molar-refractivity contribution < 1.29 is 4.79 Å². The molecule has 1 heterocycles. The van der Waals surface area contributed by atoms with Crippen LogP contribution in [-0.2, 0) is 4.79 Å². The van der Waals surface area contributed by atoms with Crippen molar-refractivity contribution >= 4 is 22.5 Å². The smallest absolute Gasteiger partial charge is 0.256 e. The van der Waals surface area contributed by atoms with Crippen molar-refractivity contribution in [2.75, 3.05) is 5.32 Å². The van der Waals surface area contributed by atoms with Gasteiger partial charge < -0.3 is 5.32 Å². The summed E-state index contributed by atoms with van der Waals surface area (Å²) in [4.78, 5) is 16.7. The standard InChI is InChI=1S/C18H12N2O/c21-18(16-9-8-12-5-3-6-15(12)16)20-14-10-13-4-1-2-7-17(13)19-11-14/h1-11H,(H,20,21). The van der Waals surface area contributed by atoms with Crippen LogP contribution in [0.4, 0.5) is 5.69 Å². The Labute approximate surface area is 122 Å². The van der Waals surface area contributed by atoms with Crippen LogP contribution in [0.2, 0.25) is 0 Å². The number of nitrogens with one attached hydrogen (secondary N) is 1. The zero-order chi connectivity index (χ0) is 14.2. The number of nitrogens with zero attached hydrogens (tertiary/aromatic N) is 1. The van der Waals surface area contributed by atoms with Crippen LogP contribution in [0.5, 0.6) is 0 Å². The molecule has 0 aliphatic heterocycles. The van der Waals surface area contributed by atoms with E-state index in [1.165, 1.54) is 0 Å². The van der Waals surface area contributed by atoms with E-state index in [9.17, 15) is 4.79 Å². The summed E-state index contributed by atoms with van der Waals surface area (Å²) in [5, 5.41) is 3.93. The molecule has 3 nitrogen and oxygen atoms in total. The second-order valence-electron chi connectivity index (χ2n) is 5.01. The minimum absolute atomic E-state index is 0.103. The van der Waals surface area contributed by atoms with Gasteiger partial charge in [-0.2, -0.15) is 0 Å². The molecule has 0 fully saturated rings. The first-order valence-corrected chi connectivity index (χ1v) is 6.78. The van der Waals surface area contributed by atoms with Gasteiger partial charge in [0.2, 0.25) is 0 Å². The Morgan fingerprint density at radius 3 is 2.95 bits per heavy atom. The van der Waals surface area contributed by atoms with Gasteiger partial charge in [-0.25, -0.2) is 0 Å². The first-order chi connectivity index (χ1) is 10.3. The number of pyridine rings is 1. The molecule has 1 N–H and O–H groups in total. The van der Waals surface area contributed by atoms with Crippen LogP contribution in [-0.4, -0.2) is 10.9 Å². The van der Waals surface area contributed by atoms with Crippen LogP contribution in [0.25, 0.3) is 10.9 Å². The predicted molar refractivity (Wildman–Crippen MR) is 83.8 cm³/mol. The summed E-state index contributed by atoms with van der Waals surface area (Å²) < 4.78 is 0. The molecule has 1 aromatic carbocycles. The van der Waals surface area contributed by atoms with Gasteiger partial charge in [-0.1, -0.05) is 42.5 Å². The van der Waals surface area contributed by atoms with Gasteiger partial charge in [-0.3, -0.25) is 9.78 Å². The van der Waals surface area contributed by atoms with Crippen molar-refractivity contribution in [1.29, 1.82) is 0 Å². The van der Waals surface area contributed by atoms with Crippen LogP contribution in [0.15, 0.2) is 83.6 Å². The Hall–Kier alpha value is -2.94. The number of hydrogen-bond donors (Lipinski definition) is 1. The van der Waals surface area contributed by atoms with E-state index in [4.69, 9.17) is 0 Å². The van der Waals surface area contributed by atoms with Gasteiger partial charge in [-0.05, 0) is 29.4 Å². The number of rotatable bonds is 2. The van der Waals surface area contributed by atoms with Gasteiger partial charge in [0, 0.05) is 11.0 Å². The molecular formula is C18H12N2O. The van der Waals surface area contributed by atoms with E-state index in [-0.39, 0.29) is 5.91 Å². The zero-order valence-corrected chi connectivity index (χ0v) is 11.2. The molecule has 0 bridgehead atoms. The lowest BCUT2D eigenvalue weighted by molar-refractivity contribution is -0.112. The van der Waals surface area contributed by atoms with Gasteiger partial charge in [0.05, 0.1) is 17.4 Å². The minimum atomic E-state index is -0.103. The quantitative estimate of drug-likeness (QED) is 0.908. The highest BCUT2D eigenvalue weighted by Gasteiger charge is 2.20. The molecule has 100 valence electrons. The second kappa shape index (κ2) is 4.56. The number of allylic oxidation sites excluding steroid dienone is 6. The second-order valence-corrected chi connectivity index (χ2v) is 5.01. The summed E-state index contributed by atoms with van der Waals surface area (Å²) in [7, 11) is 0. The number of carbonyl (C=O) groups excluding carboxylic acids is 1. The van der Waals surface area contributed by atoms with Crippen LogP contribution >= 0.6 is 0 Å². The van der Waals surface area contributed by atoms with Crippen LogP contribution in [0.3, 0.4) is 0 Å². The maximum Gasteiger partial charge on any atom is 0.256 e. The molecule has 2 aromatic rings. The van der Waals surface area contributed by atoms with E-state index in [0.717, 1.165) is 22.0 Å². The first-order valence-electron chi connectivity index (χ1n) is 6.78. The lowest BCUT2D eigenvalue weighted by Crippen LogP contribution is -2.13. The zero-order valence-electron chi connectivity index (χ0n) is 11.2. The summed E-state index contributed by atoms with van der Waals surface area (Å²) in [5.74, 6) is -0.103. The monoisotopic (exact) mass is 272 g/mol. The minimum Gasteiger partial charge on any atom is -0.321 e. The maximum atomic E-state index is 12.4. The number of fused-ring (bicyclic) bond motifs is 2. The summed E-state index contributed by atoms with van der Waals surface area (Å²) in [6.45, 7) is 0. The SMILES string of the molecule is O=C(Nc1cnc2ccccc2c1)C1=C2C=CC=C2C=C1. The van der Waals surface area contributed by atoms with Crippen LogP contribution in [0, 0.1) is 0 Å². The van der Waals surface area contributed by atoms with E-state index >= 15 is 0 Å². The van der Waals surface area contributed by atoms with Gasteiger partial charge in [0.25, 0.3) is 5.91 Å². The van der Waals surface area contributed by atoms with E-state index in [1.807, 2.05) is 60.7 Å². The summed E-state index contributed by atoms with van der Waals surface area (Å²) in [5.41, 5.74) is 4.41. The van der Waals surface area contributed by atoms with Crippen molar-refractivity contribution in [3.63, 3.8) is 0 Å². The first kappa shape index (κ1) is 11.9. The highest BCUT2D eigenvalue weighted by molar-refractivity contribution is 6.09. The number of para-hydroxylation sites is 1. The Kier molecular flexibility index (Phi) is 2.57. The van der Waals surface area contributed by atoms with Gasteiger partial charge in [0.1, 0.15) is 0 Å². The highest BCUT2D eigenvalue weighted by atomic mass is 16.1. The molecule has 2 aliphatic rings. The molecule has 4 rings (SSSR count). The number of amides is 1. The third-order valence-electron chi connectivity index (χ3n) is 3.66. The molecule has 21 heavy (non-hydrogen) atoms. The summed E-state index contributed by atoms with van der Waals surface area (Å²) in [6.07, 6.45) is 11.4. The van der Waals surface area contributed by atoms with Crippen molar-refractivity contribution in [1.82, 2.24) is 4.98 Å². The summed E-state index contributed by atoms with van der Waals surface area (Å²) >= 11 is 0. The molecule has 0 atom stereocenters. The van der Waals surface area contributed by atoms with Crippen LogP contribution < -0.4 is 5.32 Å². The Bertz CT molecular complexity index is 885. The summed E-state index contributed by atoms with van der Waals surface area (Å²) in [6, 6.07) is 9.77. The lowest BCUT2D eigenvalue weighted by atomic mass is 10.1. The Morgan fingerprint density at radius 1 is 1.10 bits per heavy atom. The third-order valence-corrected chi connectivity index (χ3v) is 3.66. The number of aromatic nitrogens is 1. The Morgan fingerprint density at radius 2 is 2.00 bits per heavy atom. The highest BCUT2D eigenvalue weighted by Crippen LogP contribution is 2.30. The number of carbonyl (C=O) groups is 1. The number of anilines is 1. The fourth-order valence-electron chi connectivity index (χ4n) is 2.62. The molecular weight excluding hydrogens is 260 g/mol. The fourth-order valence-corrected chi connectivity index (χ4v) is 2.62. The van der Waals surface area contributed by atoms with Crippen molar-refractivity contribution in [3.05, 3.63) is 83.6 Å². The van der Waals surface area contributed by atoms with E-state index < -0.39 is 0 Å². The van der Waals surface area contributed by atoms with E-state index in [1.54, 1.807) is 6.20 Å². The molecule has 1 amide bonds. The normalized spacial score (nSPS) is 15.5. The van der Waals surface area contributed by atoms with Crippen LogP contribution in [0.1, 0.15) is 0 Å². The molecule has 0 saturated carbocycles. The van der Waals surface area contributed by atoms with Crippen molar-refractivity contribution in [3.8, 4) is 0 Å². The molecule has 0 unspecified atom stereocenters. The lowest BCUT2D eigenvalue weighted by Gasteiger charge is -2.07. The van der Waals surface area contributed by atoms with Crippen molar-refractivity contribution in [2.24, 2.45) is 0 Å². The fraction of sp³-hybridized carbons (Fsp3) is 0. The molecule has 0 spiro atoms. The molecule has 1 aromatic heterocycles.